The fourth-order valence-electron chi connectivity index (χ4n) is 0.939. The molecule has 0 radical (unpaired) electrons. The van der Waals surface area contributed by atoms with Crippen LogP contribution < -0.4 is 27.2 Å². The lowest BCUT2D eigenvalue weighted by Crippen LogP contribution is -2.36. The second-order valence-electron chi connectivity index (χ2n) is 2.44. The quantitative estimate of drug-likeness (QED) is 0.340. The summed E-state index contributed by atoms with van der Waals surface area (Å²) in [7, 11) is 0. The minimum Gasteiger partial charge on any atom is -0.754 e. The molecule has 72 valence electrons. The fraction of sp³-hybridized carbons (Fsp3) is 0.333. The molecule has 0 fully saturated rings. The molecule has 0 aliphatic rings. The Labute approximate surface area is 75.1 Å². The lowest BCUT2D eigenvalue weighted by Gasteiger charge is -2.14. The highest BCUT2D eigenvalue weighted by Crippen LogP contribution is 2.20. The van der Waals surface area contributed by atoms with E-state index < -0.39 is 0 Å². The number of anilines is 4. The second-order valence-corrected chi connectivity index (χ2v) is 2.44. The second kappa shape index (κ2) is 3.21. The molecule has 7 heteroatoms. The fourth-order valence-corrected chi connectivity index (χ4v) is 0.939. The highest BCUT2D eigenvalue weighted by molar-refractivity contribution is 5.72. The number of nitrogen functional groups attached to an aromatic ring is 3. The third-order valence-corrected chi connectivity index (χ3v) is 1.53. The van der Waals surface area contributed by atoms with Gasteiger partial charge < -0.3 is 27.7 Å². The molecule has 1 aromatic heterocycles. The molecule has 7 nitrogen and oxygen atoms in total. The Morgan fingerprint density at radius 1 is 1.46 bits per heavy atom. The summed E-state index contributed by atoms with van der Waals surface area (Å²) in [6.07, 6.45) is 0. The number of nitrogens with one attached hydrogen (secondary N) is 1. The van der Waals surface area contributed by atoms with Crippen molar-refractivity contribution < 1.29 is 4.73 Å². The van der Waals surface area contributed by atoms with Crippen LogP contribution >= 0.6 is 0 Å². The van der Waals surface area contributed by atoms with Gasteiger partial charge in [0.25, 0.3) is 0 Å². The minimum absolute atomic E-state index is 0.0631. The lowest BCUT2D eigenvalue weighted by atomic mass is 10.4. The standard InChI is InChI=1S/C6H12N6O/c1-2-10-3-4(7)11-6(9)12(13)5(3)8/h10H,2,8H2,1H3,(H4,7,9,11). The maximum absolute atomic E-state index is 11.1. The lowest BCUT2D eigenvalue weighted by molar-refractivity contribution is -0.576. The van der Waals surface area contributed by atoms with Crippen LogP contribution in [0.1, 0.15) is 6.92 Å². The van der Waals surface area contributed by atoms with Gasteiger partial charge in [-0.3, -0.25) is 0 Å². The summed E-state index contributed by atoms with van der Waals surface area (Å²) in [4.78, 5) is 3.62. The summed E-state index contributed by atoms with van der Waals surface area (Å²) in [5.74, 6) is -0.188. The first-order valence-electron chi connectivity index (χ1n) is 3.75. The highest BCUT2D eigenvalue weighted by atomic mass is 16.5. The monoisotopic (exact) mass is 184 g/mol. The molecule has 0 atom stereocenters. The molecule has 1 heterocycles. The Balaban J connectivity index is 3.26. The zero-order valence-electron chi connectivity index (χ0n) is 7.24. The molecule has 0 saturated carbocycles. The maximum Gasteiger partial charge on any atom is 0.346 e. The number of aromatic nitrogens is 2. The van der Waals surface area contributed by atoms with E-state index in [0.29, 0.717) is 17.0 Å². The van der Waals surface area contributed by atoms with E-state index in [0.717, 1.165) is 0 Å². The smallest absolute Gasteiger partial charge is 0.346 e. The number of hydrogen-bond donors (Lipinski definition) is 4. The Morgan fingerprint density at radius 3 is 2.62 bits per heavy atom. The molecule has 1 aromatic rings. The molecule has 0 saturated heterocycles. The molecule has 0 aliphatic heterocycles. The van der Waals surface area contributed by atoms with Gasteiger partial charge in [0.2, 0.25) is 11.6 Å². The first-order valence-corrected chi connectivity index (χ1v) is 3.75. The SMILES string of the molecule is CCNc1c(N)nc(N)[n+]([O-])c1N. The van der Waals surface area contributed by atoms with Crippen LogP contribution in [0.3, 0.4) is 0 Å². The van der Waals surface area contributed by atoms with Crippen molar-refractivity contribution in [3.8, 4) is 0 Å². The normalized spacial score (nSPS) is 9.92. The van der Waals surface area contributed by atoms with Crippen LogP contribution in [0.4, 0.5) is 23.3 Å². The van der Waals surface area contributed by atoms with E-state index in [2.05, 4.69) is 10.3 Å². The summed E-state index contributed by atoms with van der Waals surface area (Å²) in [5.41, 5.74) is 16.5. The molecule has 13 heavy (non-hydrogen) atoms. The molecule has 0 spiro atoms. The number of hydrogen-bond acceptors (Lipinski definition) is 6. The molecular formula is C6H12N6O. The molecule has 0 bridgehead atoms. The van der Waals surface area contributed by atoms with Crippen molar-refractivity contribution in [2.75, 3.05) is 29.1 Å². The zero-order chi connectivity index (χ0) is 10.0. The topological polar surface area (TPSA) is 130 Å². The van der Waals surface area contributed by atoms with Crippen LogP contribution in [0.15, 0.2) is 0 Å². The average Bonchev–Trinajstić information content (AvgIpc) is 2.09. The molecule has 1 rings (SSSR count). The van der Waals surface area contributed by atoms with E-state index in [9.17, 15) is 5.21 Å². The van der Waals surface area contributed by atoms with Crippen molar-refractivity contribution in [1.82, 2.24) is 4.98 Å². The summed E-state index contributed by atoms with van der Waals surface area (Å²) in [5, 5.41) is 13.9. The molecule has 0 aliphatic carbocycles. The minimum atomic E-state index is -0.253. The van der Waals surface area contributed by atoms with Crippen LogP contribution in [0.5, 0.6) is 0 Å². The van der Waals surface area contributed by atoms with Gasteiger partial charge in [-0.05, 0) is 6.92 Å². The van der Waals surface area contributed by atoms with Gasteiger partial charge in [0.15, 0.2) is 5.69 Å². The molecular weight excluding hydrogens is 172 g/mol. The van der Waals surface area contributed by atoms with Gasteiger partial charge in [-0.1, -0.05) is 4.98 Å². The van der Waals surface area contributed by atoms with E-state index in [4.69, 9.17) is 17.2 Å². The van der Waals surface area contributed by atoms with Crippen LogP contribution in [0.2, 0.25) is 0 Å². The predicted octanol–water partition coefficient (Wildman–Crippen LogP) is -1.11. The highest BCUT2D eigenvalue weighted by Gasteiger charge is 2.13. The molecule has 0 unspecified atom stereocenters. The summed E-state index contributed by atoms with van der Waals surface area (Å²) in [6, 6.07) is 0. The van der Waals surface area contributed by atoms with Gasteiger partial charge >= 0.3 is 5.95 Å². The van der Waals surface area contributed by atoms with Crippen LogP contribution in [-0.4, -0.2) is 11.5 Å². The van der Waals surface area contributed by atoms with Crippen molar-refractivity contribution in [3.05, 3.63) is 5.21 Å². The third kappa shape index (κ3) is 1.48. The summed E-state index contributed by atoms with van der Waals surface area (Å²) in [6.45, 7) is 2.45. The zero-order valence-corrected chi connectivity index (χ0v) is 7.24. The van der Waals surface area contributed by atoms with E-state index in [1.54, 1.807) is 0 Å². The summed E-state index contributed by atoms with van der Waals surface area (Å²) < 4.78 is 0.328. The third-order valence-electron chi connectivity index (χ3n) is 1.53. The number of rotatable bonds is 2. The maximum atomic E-state index is 11.1. The largest absolute Gasteiger partial charge is 0.754 e. The van der Waals surface area contributed by atoms with Gasteiger partial charge in [-0.2, -0.15) is 0 Å². The predicted molar refractivity (Wildman–Crippen MR) is 50.6 cm³/mol. The van der Waals surface area contributed by atoms with Crippen molar-refractivity contribution in [2.24, 2.45) is 0 Å². The van der Waals surface area contributed by atoms with Crippen LogP contribution in [0, 0.1) is 5.21 Å². The Morgan fingerprint density at radius 2 is 2.08 bits per heavy atom. The van der Waals surface area contributed by atoms with Crippen molar-refractivity contribution in [1.29, 1.82) is 0 Å². The van der Waals surface area contributed by atoms with Crippen molar-refractivity contribution in [3.63, 3.8) is 0 Å². The van der Waals surface area contributed by atoms with Gasteiger partial charge in [0, 0.05) is 6.54 Å². The van der Waals surface area contributed by atoms with Gasteiger partial charge in [-0.15, -0.1) is 0 Å². The van der Waals surface area contributed by atoms with Gasteiger partial charge in [-0.25, -0.2) is 4.73 Å². The van der Waals surface area contributed by atoms with E-state index in [1.807, 2.05) is 6.92 Å². The molecule has 0 aromatic carbocycles. The van der Waals surface area contributed by atoms with Gasteiger partial charge in [0.1, 0.15) is 0 Å². The van der Waals surface area contributed by atoms with Crippen molar-refractivity contribution >= 4 is 23.3 Å². The Hall–Kier alpha value is -1.92. The molecule has 0 amide bonds. The molecule has 7 N–H and O–H groups in total. The number of nitrogens with two attached hydrogens (primary N) is 3. The Bertz CT molecular complexity index is 325. The van der Waals surface area contributed by atoms with E-state index in [1.165, 1.54) is 0 Å². The van der Waals surface area contributed by atoms with Crippen LogP contribution in [0.25, 0.3) is 0 Å². The summed E-state index contributed by atoms with van der Waals surface area (Å²) >= 11 is 0. The first-order chi connectivity index (χ1) is 6.07. The van der Waals surface area contributed by atoms with Crippen LogP contribution in [-0.2, 0) is 0 Å². The van der Waals surface area contributed by atoms with Crippen molar-refractivity contribution in [2.45, 2.75) is 6.92 Å². The van der Waals surface area contributed by atoms with E-state index in [-0.39, 0.29) is 17.6 Å². The number of nitrogens with zero attached hydrogens (tertiary/aromatic N) is 2. The van der Waals surface area contributed by atoms with E-state index >= 15 is 0 Å². The average molecular weight is 184 g/mol. The van der Waals surface area contributed by atoms with Gasteiger partial charge in [0.05, 0.1) is 0 Å². The Kier molecular flexibility index (Phi) is 2.27. The first kappa shape index (κ1) is 9.17.